The predicted molar refractivity (Wildman–Crippen MR) is 57.3 cm³/mol. The van der Waals surface area contributed by atoms with Crippen LogP contribution in [0.15, 0.2) is 13.7 Å². The van der Waals surface area contributed by atoms with Crippen LogP contribution in [0.4, 0.5) is 26.3 Å². The highest BCUT2D eigenvalue weighted by molar-refractivity contribution is 9.11. The Hall–Kier alpha value is 0.170. The van der Waals surface area contributed by atoms with Gasteiger partial charge in [-0.3, -0.25) is 0 Å². The Bertz CT molecular complexity index is 414. The van der Waals surface area contributed by atoms with Crippen LogP contribution in [0.25, 0.3) is 0 Å². The first-order valence-corrected chi connectivity index (χ1v) is 6.03. The van der Waals surface area contributed by atoms with Crippen LogP contribution in [0.2, 0.25) is 0 Å². The van der Waals surface area contributed by atoms with E-state index in [1.807, 2.05) is 0 Å². The molecule has 0 radical (unpaired) electrons. The lowest BCUT2D eigenvalue weighted by molar-refractivity contribution is -0.145. The Morgan fingerprint density at radius 3 is 1.24 bits per heavy atom. The van der Waals surface area contributed by atoms with Crippen LogP contribution in [0, 0.1) is 0 Å². The van der Waals surface area contributed by atoms with Crippen LogP contribution in [0.3, 0.4) is 0 Å². The van der Waals surface area contributed by atoms with E-state index >= 15 is 0 Å². The first-order valence-electron chi connectivity index (χ1n) is 3.65. The number of halogens is 9. The molecule has 1 nitrogen and oxygen atoms in total. The summed E-state index contributed by atoms with van der Waals surface area (Å²) in [6.45, 7) is 0. The second kappa shape index (κ2) is 4.69. The zero-order valence-electron chi connectivity index (χ0n) is 7.35. The lowest BCUT2D eigenvalue weighted by Gasteiger charge is -2.17. The summed E-state index contributed by atoms with van der Waals surface area (Å²) in [7, 11) is 0. The molecule has 10 heteroatoms. The molecule has 0 unspecified atom stereocenters. The third-order valence-electron chi connectivity index (χ3n) is 1.61. The van der Waals surface area contributed by atoms with E-state index < -0.39 is 37.2 Å². The van der Waals surface area contributed by atoms with Gasteiger partial charge in [0.15, 0.2) is 0 Å². The van der Waals surface area contributed by atoms with Gasteiger partial charge in [-0.1, -0.05) is 0 Å². The van der Waals surface area contributed by atoms with Gasteiger partial charge in [-0.25, -0.2) is 4.98 Å². The molecule has 0 spiro atoms. The standard InChI is InChI=1S/C7Br3F6N/c8-3-1(6(11,12)13)4(9)17-5(10)2(3)7(14,15)16. The summed E-state index contributed by atoms with van der Waals surface area (Å²) < 4.78 is 72.6. The van der Waals surface area contributed by atoms with Crippen molar-refractivity contribution in [3.05, 3.63) is 24.8 Å². The van der Waals surface area contributed by atoms with Crippen LogP contribution in [-0.2, 0) is 12.4 Å². The molecule has 0 aliphatic heterocycles. The molecule has 0 amide bonds. The second-order valence-electron chi connectivity index (χ2n) is 2.75. The van der Waals surface area contributed by atoms with E-state index in [2.05, 4.69) is 52.8 Å². The first kappa shape index (κ1) is 15.2. The van der Waals surface area contributed by atoms with Gasteiger partial charge in [-0.15, -0.1) is 0 Å². The molecule has 0 saturated heterocycles. The molecule has 0 saturated carbocycles. The normalized spacial score (nSPS) is 13.0. The number of aromatic nitrogens is 1. The quantitative estimate of drug-likeness (QED) is 0.380. The van der Waals surface area contributed by atoms with E-state index in [0.717, 1.165) is 0 Å². The summed E-state index contributed by atoms with van der Waals surface area (Å²) in [6.07, 6.45) is -9.91. The van der Waals surface area contributed by atoms with E-state index in [-0.39, 0.29) is 0 Å². The number of alkyl halides is 6. The Kier molecular flexibility index (Phi) is 4.20. The highest BCUT2D eigenvalue weighted by Gasteiger charge is 2.44. The third-order valence-corrected chi connectivity index (χ3v) is 3.56. The van der Waals surface area contributed by atoms with Crippen molar-refractivity contribution in [2.75, 3.05) is 0 Å². The number of hydrogen-bond acceptors (Lipinski definition) is 1. The van der Waals surface area contributed by atoms with Gasteiger partial charge < -0.3 is 0 Å². The summed E-state index contributed by atoms with van der Waals surface area (Å²) in [4.78, 5) is 3.13. The molecule has 0 atom stereocenters. The minimum atomic E-state index is -4.95. The number of rotatable bonds is 0. The van der Waals surface area contributed by atoms with Gasteiger partial charge >= 0.3 is 12.4 Å². The fraction of sp³-hybridized carbons (Fsp3) is 0.286. The van der Waals surface area contributed by atoms with Crippen LogP contribution < -0.4 is 0 Å². The molecule has 1 aromatic rings. The van der Waals surface area contributed by atoms with Crippen molar-refractivity contribution in [3.8, 4) is 0 Å². The highest BCUT2D eigenvalue weighted by Crippen LogP contribution is 2.47. The Morgan fingerprint density at radius 1 is 0.706 bits per heavy atom. The van der Waals surface area contributed by atoms with Gasteiger partial charge in [0, 0.05) is 4.47 Å². The van der Waals surface area contributed by atoms with Crippen molar-refractivity contribution >= 4 is 47.8 Å². The minimum absolute atomic E-state index is 0.725. The zero-order valence-corrected chi connectivity index (χ0v) is 12.1. The lowest BCUT2D eigenvalue weighted by atomic mass is 10.2. The van der Waals surface area contributed by atoms with Crippen LogP contribution >= 0.6 is 47.8 Å². The van der Waals surface area contributed by atoms with Crippen molar-refractivity contribution in [2.24, 2.45) is 0 Å². The summed E-state index contributed by atoms with van der Waals surface area (Å²) in [6, 6.07) is 0. The molecule has 0 bridgehead atoms. The van der Waals surface area contributed by atoms with Gasteiger partial charge in [-0.05, 0) is 47.8 Å². The molecule has 0 aliphatic carbocycles. The summed E-state index contributed by atoms with van der Waals surface area (Å²) in [5, 5.41) is 0. The van der Waals surface area contributed by atoms with Crippen LogP contribution in [0.1, 0.15) is 11.1 Å². The minimum Gasteiger partial charge on any atom is -0.233 e. The zero-order chi connectivity index (χ0) is 13.6. The van der Waals surface area contributed by atoms with Crippen LogP contribution in [0.5, 0.6) is 0 Å². The predicted octanol–water partition coefficient (Wildman–Crippen LogP) is 5.41. The van der Waals surface area contributed by atoms with Gasteiger partial charge in [0.2, 0.25) is 0 Å². The summed E-state index contributed by atoms with van der Waals surface area (Å²) in [5.74, 6) is 0. The smallest absolute Gasteiger partial charge is 0.233 e. The van der Waals surface area contributed by atoms with E-state index in [0.29, 0.717) is 0 Å². The van der Waals surface area contributed by atoms with Gasteiger partial charge in [0.1, 0.15) is 20.3 Å². The summed E-state index contributed by atoms with van der Waals surface area (Å²) >= 11 is 7.27. The molecular formula is C7Br3F6N. The van der Waals surface area contributed by atoms with Crippen LogP contribution in [-0.4, -0.2) is 4.98 Å². The maximum Gasteiger partial charge on any atom is 0.420 e. The SMILES string of the molecule is FC(F)(F)c1c(Br)nc(Br)c(C(F)(F)F)c1Br. The maximum absolute atomic E-state index is 12.5. The highest BCUT2D eigenvalue weighted by atomic mass is 79.9. The fourth-order valence-electron chi connectivity index (χ4n) is 0.987. The van der Waals surface area contributed by atoms with Crippen molar-refractivity contribution in [2.45, 2.75) is 12.4 Å². The topological polar surface area (TPSA) is 12.9 Å². The average Bonchev–Trinajstić information content (AvgIpc) is 1.94. The Balaban J connectivity index is 3.67. The second-order valence-corrected chi connectivity index (χ2v) is 5.05. The third kappa shape index (κ3) is 3.14. The molecular weight excluding hydrogens is 452 g/mol. The van der Waals surface area contributed by atoms with Crippen molar-refractivity contribution in [1.29, 1.82) is 0 Å². The number of nitrogens with zero attached hydrogens (tertiary/aromatic N) is 1. The largest absolute Gasteiger partial charge is 0.420 e. The first-order chi connectivity index (χ1) is 7.46. The Labute approximate surface area is 116 Å². The van der Waals surface area contributed by atoms with Crippen molar-refractivity contribution < 1.29 is 26.3 Å². The van der Waals surface area contributed by atoms with Gasteiger partial charge in [0.05, 0.1) is 0 Å². The maximum atomic E-state index is 12.5. The van der Waals surface area contributed by atoms with Gasteiger partial charge in [-0.2, -0.15) is 26.3 Å². The van der Waals surface area contributed by atoms with E-state index in [9.17, 15) is 26.3 Å². The molecule has 1 heterocycles. The van der Waals surface area contributed by atoms with Crippen molar-refractivity contribution in [1.82, 2.24) is 4.98 Å². The summed E-state index contributed by atoms with van der Waals surface area (Å²) in [5.41, 5.74) is -3.01. The molecule has 96 valence electrons. The molecule has 1 aromatic heterocycles. The molecule has 17 heavy (non-hydrogen) atoms. The van der Waals surface area contributed by atoms with E-state index in [4.69, 9.17) is 0 Å². The van der Waals surface area contributed by atoms with E-state index in [1.165, 1.54) is 0 Å². The molecule has 0 N–H and O–H groups in total. The Morgan fingerprint density at radius 2 is 1.00 bits per heavy atom. The van der Waals surface area contributed by atoms with Crippen molar-refractivity contribution in [3.63, 3.8) is 0 Å². The molecule has 0 aromatic carbocycles. The monoisotopic (exact) mass is 449 g/mol. The number of pyridine rings is 1. The number of hydrogen-bond donors (Lipinski definition) is 0. The molecule has 0 fully saturated rings. The lowest BCUT2D eigenvalue weighted by Crippen LogP contribution is -2.15. The fourth-order valence-corrected chi connectivity index (χ4v) is 3.78. The van der Waals surface area contributed by atoms with E-state index in [1.54, 1.807) is 0 Å². The molecule has 1 rings (SSSR count). The molecule has 0 aliphatic rings. The average molecular weight is 452 g/mol. The van der Waals surface area contributed by atoms with Gasteiger partial charge in [0.25, 0.3) is 0 Å².